The quantitative estimate of drug-likeness (QED) is 0.541. The van der Waals surface area contributed by atoms with Gasteiger partial charge in [0.1, 0.15) is 18.4 Å². The van der Waals surface area contributed by atoms with Crippen LogP contribution in [0.25, 0.3) is 0 Å². The number of anilines is 1. The zero-order chi connectivity index (χ0) is 26.5. The Morgan fingerprint density at radius 1 is 1.00 bits per heavy atom. The van der Waals surface area contributed by atoms with Gasteiger partial charge in [0.2, 0.25) is 21.8 Å². The van der Waals surface area contributed by atoms with E-state index in [1.165, 1.54) is 36.1 Å². The predicted octanol–water partition coefficient (Wildman–Crippen LogP) is 3.74. The van der Waals surface area contributed by atoms with Crippen LogP contribution in [0.3, 0.4) is 0 Å². The highest BCUT2D eigenvalue weighted by molar-refractivity contribution is 7.92. The molecule has 1 aliphatic carbocycles. The molecule has 36 heavy (non-hydrogen) atoms. The summed E-state index contributed by atoms with van der Waals surface area (Å²) in [4.78, 5) is 27.7. The molecular weight excluding hydrogens is 495 g/mol. The third-order valence-electron chi connectivity index (χ3n) is 6.26. The topological polar surface area (TPSA) is 86.8 Å². The number of amides is 2. The minimum atomic E-state index is -4.08. The van der Waals surface area contributed by atoms with E-state index in [1.807, 2.05) is 0 Å². The Morgan fingerprint density at radius 3 is 2.22 bits per heavy atom. The Hall–Kier alpha value is -3.08. The zero-order valence-electron chi connectivity index (χ0n) is 20.2. The summed E-state index contributed by atoms with van der Waals surface area (Å²) in [7, 11) is -4.08. The average molecular weight is 526 g/mol. The molecule has 0 spiro atoms. The van der Waals surface area contributed by atoms with Gasteiger partial charge in [0.05, 0.1) is 11.9 Å². The lowest BCUT2D eigenvalue weighted by atomic mass is 9.95. The Labute approximate surface area is 209 Å². The van der Waals surface area contributed by atoms with Crippen LogP contribution < -0.4 is 9.62 Å². The van der Waals surface area contributed by atoms with E-state index in [-0.39, 0.29) is 18.3 Å². The van der Waals surface area contributed by atoms with E-state index < -0.39 is 51.9 Å². The number of nitrogens with zero attached hydrogens (tertiary/aromatic N) is 2. The van der Waals surface area contributed by atoms with E-state index in [0.717, 1.165) is 50.5 Å². The molecule has 2 aromatic rings. The van der Waals surface area contributed by atoms with Crippen LogP contribution in [-0.2, 0) is 26.2 Å². The fourth-order valence-corrected chi connectivity index (χ4v) is 5.03. The van der Waals surface area contributed by atoms with Gasteiger partial charge in [-0.05, 0) is 49.6 Å². The monoisotopic (exact) mass is 525 g/mol. The molecule has 1 unspecified atom stereocenters. The number of halogens is 3. The summed E-state index contributed by atoms with van der Waals surface area (Å²) in [5.74, 6) is -4.03. The number of nitrogens with one attached hydrogen (secondary N) is 1. The Morgan fingerprint density at radius 2 is 1.64 bits per heavy atom. The molecule has 2 aromatic carbocycles. The zero-order valence-corrected chi connectivity index (χ0v) is 21.0. The number of benzene rings is 2. The maximum atomic E-state index is 13.8. The van der Waals surface area contributed by atoms with Crippen LogP contribution in [-0.4, -0.2) is 50.0 Å². The molecule has 7 nitrogen and oxygen atoms in total. The van der Waals surface area contributed by atoms with Crippen LogP contribution in [0.5, 0.6) is 0 Å². The molecule has 1 saturated carbocycles. The normalized spacial score (nSPS) is 15.2. The van der Waals surface area contributed by atoms with Crippen LogP contribution >= 0.6 is 0 Å². The molecule has 1 N–H and O–H groups in total. The molecule has 11 heteroatoms. The molecule has 3 rings (SSSR count). The van der Waals surface area contributed by atoms with Gasteiger partial charge in [-0.1, -0.05) is 31.4 Å². The minimum Gasteiger partial charge on any atom is -0.352 e. The molecule has 0 radical (unpaired) electrons. The van der Waals surface area contributed by atoms with Gasteiger partial charge in [-0.2, -0.15) is 0 Å². The number of hydrogen-bond donors (Lipinski definition) is 1. The summed E-state index contributed by atoms with van der Waals surface area (Å²) in [5, 5.41) is 2.96. The number of rotatable bonds is 9. The van der Waals surface area contributed by atoms with Gasteiger partial charge in [-0.25, -0.2) is 21.6 Å². The van der Waals surface area contributed by atoms with Crippen molar-refractivity contribution in [3.05, 3.63) is 65.5 Å². The van der Waals surface area contributed by atoms with Crippen molar-refractivity contribution >= 4 is 27.5 Å². The molecule has 196 valence electrons. The molecule has 0 aromatic heterocycles. The third-order valence-corrected chi connectivity index (χ3v) is 7.40. The van der Waals surface area contributed by atoms with E-state index in [2.05, 4.69) is 5.32 Å². The van der Waals surface area contributed by atoms with Gasteiger partial charge in [0.15, 0.2) is 11.6 Å². The molecular formula is C25H30F3N3O4S. The summed E-state index contributed by atoms with van der Waals surface area (Å²) >= 11 is 0. The van der Waals surface area contributed by atoms with Crippen LogP contribution in [0.1, 0.15) is 44.6 Å². The highest BCUT2D eigenvalue weighted by Gasteiger charge is 2.31. The van der Waals surface area contributed by atoms with Crippen molar-refractivity contribution in [3.8, 4) is 0 Å². The summed E-state index contributed by atoms with van der Waals surface area (Å²) in [6.45, 7) is 0.696. The first kappa shape index (κ1) is 27.5. The standard InChI is InChI=1S/C25H30F3N3O4S/c1-17(25(33)29-20-6-4-3-5-7-20)30(15-18-8-10-19(26)11-9-18)24(32)16-31(36(2,34)35)21-12-13-22(27)23(28)14-21/h8-14,17,20H,3-7,15-16H2,1-2H3,(H,29,33). The Kier molecular flexibility index (Phi) is 8.99. The molecule has 1 aliphatic rings. The number of sulfonamides is 1. The lowest BCUT2D eigenvalue weighted by Crippen LogP contribution is -2.53. The largest absolute Gasteiger partial charge is 0.352 e. The van der Waals surface area contributed by atoms with Crippen molar-refractivity contribution in [2.75, 3.05) is 17.1 Å². The lowest BCUT2D eigenvalue weighted by Gasteiger charge is -2.33. The first-order chi connectivity index (χ1) is 17.0. The Bertz CT molecular complexity index is 1190. The fraction of sp³-hybridized carbons (Fsp3) is 0.440. The molecule has 1 atom stereocenters. The molecule has 1 fully saturated rings. The predicted molar refractivity (Wildman–Crippen MR) is 130 cm³/mol. The summed E-state index contributed by atoms with van der Waals surface area (Å²) < 4.78 is 66.2. The second-order valence-electron chi connectivity index (χ2n) is 9.04. The third kappa shape index (κ3) is 7.22. The maximum Gasteiger partial charge on any atom is 0.244 e. The molecule has 0 bridgehead atoms. The van der Waals surface area contributed by atoms with Crippen molar-refractivity contribution in [1.29, 1.82) is 0 Å². The minimum absolute atomic E-state index is 0.00817. The van der Waals surface area contributed by atoms with Crippen LogP contribution in [0, 0.1) is 17.5 Å². The van der Waals surface area contributed by atoms with E-state index in [1.54, 1.807) is 0 Å². The summed E-state index contributed by atoms with van der Waals surface area (Å²) in [6, 6.07) is 6.88. The molecule has 0 heterocycles. The van der Waals surface area contributed by atoms with Gasteiger partial charge in [0, 0.05) is 18.7 Å². The SMILES string of the molecule is CC(C(=O)NC1CCCCC1)N(Cc1ccc(F)cc1)C(=O)CN(c1ccc(F)c(F)c1)S(C)(=O)=O. The number of carbonyl (C=O) groups excluding carboxylic acids is 2. The first-order valence-corrected chi connectivity index (χ1v) is 13.6. The van der Waals surface area contributed by atoms with Crippen molar-refractivity contribution < 1.29 is 31.2 Å². The van der Waals surface area contributed by atoms with Gasteiger partial charge in [-0.3, -0.25) is 13.9 Å². The van der Waals surface area contributed by atoms with E-state index in [0.29, 0.717) is 15.9 Å². The van der Waals surface area contributed by atoms with E-state index in [4.69, 9.17) is 0 Å². The Balaban J connectivity index is 1.87. The van der Waals surface area contributed by atoms with E-state index >= 15 is 0 Å². The second kappa shape index (κ2) is 11.8. The fourth-order valence-electron chi connectivity index (χ4n) is 4.19. The van der Waals surface area contributed by atoms with Crippen LogP contribution in [0.4, 0.5) is 18.9 Å². The maximum absolute atomic E-state index is 13.8. The summed E-state index contributed by atoms with van der Waals surface area (Å²) in [6.07, 6.45) is 5.60. The lowest BCUT2D eigenvalue weighted by molar-refractivity contribution is -0.139. The smallest absolute Gasteiger partial charge is 0.244 e. The van der Waals surface area contributed by atoms with Gasteiger partial charge >= 0.3 is 0 Å². The van der Waals surface area contributed by atoms with Crippen LogP contribution in [0.15, 0.2) is 42.5 Å². The van der Waals surface area contributed by atoms with E-state index in [9.17, 15) is 31.2 Å². The number of carbonyl (C=O) groups is 2. The highest BCUT2D eigenvalue weighted by Crippen LogP contribution is 2.22. The molecule has 0 saturated heterocycles. The number of hydrogen-bond acceptors (Lipinski definition) is 4. The van der Waals surface area contributed by atoms with Crippen molar-refractivity contribution in [3.63, 3.8) is 0 Å². The van der Waals surface area contributed by atoms with Crippen LogP contribution in [0.2, 0.25) is 0 Å². The van der Waals surface area contributed by atoms with Crippen molar-refractivity contribution in [2.24, 2.45) is 0 Å². The van der Waals surface area contributed by atoms with Gasteiger partial charge < -0.3 is 10.2 Å². The second-order valence-corrected chi connectivity index (χ2v) is 10.9. The van der Waals surface area contributed by atoms with Gasteiger partial charge in [0.25, 0.3) is 0 Å². The first-order valence-electron chi connectivity index (χ1n) is 11.7. The van der Waals surface area contributed by atoms with Gasteiger partial charge in [-0.15, -0.1) is 0 Å². The van der Waals surface area contributed by atoms with Crippen molar-refractivity contribution in [2.45, 2.75) is 57.7 Å². The highest BCUT2D eigenvalue weighted by atomic mass is 32.2. The average Bonchev–Trinajstić information content (AvgIpc) is 2.83. The molecule has 2 amide bonds. The molecule has 0 aliphatic heterocycles. The van der Waals surface area contributed by atoms with Crippen molar-refractivity contribution in [1.82, 2.24) is 10.2 Å². The summed E-state index contributed by atoms with van der Waals surface area (Å²) in [5.41, 5.74) is 0.298.